The summed E-state index contributed by atoms with van der Waals surface area (Å²) in [5.74, 6) is 0.354. The summed E-state index contributed by atoms with van der Waals surface area (Å²) < 4.78 is 0. The maximum Gasteiger partial charge on any atom is 0.116 e. The molecule has 1 aromatic carbocycles. The average Bonchev–Trinajstić information content (AvgIpc) is 2.22. The first-order valence-electron chi connectivity index (χ1n) is 5.45. The molecule has 0 amide bonds. The van der Waals surface area contributed by atoms with Crippen LogP contribution in [0.5, 0.6) is 5.75 Å². The summed E-state index contributed by atoms with van der Waals surface area (Å²) in [5.41, 5.74) is 5.87. The van der Waals surface area contributed by atoms with E-state index in [1.165, 1.54) is 12.8 Å². The predicted octanol–water partition coefficient (Wildman–Crippen LogP) is 2.75. The van der Waals surface area contributed by atoms with Gasteiger partial charge in [0.05, 0.1) is 0 Å². The van der Waals surface area contributed by atoms with E-state index in [1.807, 2.05) is 23.9 Å². The molecule has 0 saturated heterocycles. The lowest BCUT2D eigenvalue weighted by Crippen LogP contribution is -2.27. The zero-order valence-corrected chi connectivity index (χ0v) is 9.54. The molecular formula is C12H17NOS. The number of aromatic hydroxyl groups is 1. The molecule has 1 aromatic rings. The van der Waals surface area contributed by atoms with Gasteiger partial charge in [-0.3, -0.25) is 0 Å². The molecule has 3 heteroatoms. The van der Waals surface area contributed by atoms with Crippen LogP contribution in [0.3, 0.4) is 0 Å². The van der Waals surface area contributed by atoms with Crippen LogP contribution in [0, 0.1) is 0 Å². The fourth-order valence-corrected chi connectivity index (χ4v) is 3.19. The maximum atomic E-state index is 9.35. The van der Waals surface area contributed by atoms with E-state index in [0.717, 1.165) is 17.7 Å². The van der Waals surface area contributed by atoms with Gasteiger partial charge in [0.1, 0.15) is 5.75 Å². The highest BCUT2D eigenvalue weighted by molar-refractivity contribution is 8.00. The molecule has 2 nitrogen and oxygen atoms in total. The molecule has 0 unspecified atom stereocenters. The van der Waals surface area contributed by atoms with Crippen molar-refractivity contribution in [2.24, 2.45) is 5.73 Å². The van der Waals surface area contributed by atoms with Gasteiger partial charge in [0, 0.05) is 16.2 Å². The highest BCUT2D eigenvalue weighted by Crippen LogP contribution is 2.34. The third kappa shape index (κ3) is 3.14. The third-order valence-corrected chi connectivity index (χ3v) is 4.17. The van der Waals surface area contributed by atoms with Crippen molar-refractivity contribution in [1.29, 1.82) is 0 Å². The van der Waals surface area contributed by atoms with Crippen molar-refractivity contribution in [3.8, 4) is 5.75 Å². The Morgan fingerprint density at radius 2 is 1.93 bits per heavy atom. The number of rotatable bonds is 2. The highest BCUT2D eigenvalue weighted by atomic mass is 32.2. The fraction of sp³-hybridized carbons (Fsp3) is 0.500. The van der Waals surface area contributed by atoms with Crippen molar-refractivity contribution in [2.45, 2.75) is 41.9 Å². The van der Waals surface area contributed by atoms with E-state index >= 15 is 0 Å². The van der Waals surface area contributed by atoms with Gasteiger partial charge < -0.3 is 10.8 Å². The molecule has 82 valence electrons. The molecule has 0 atom stereocenters. The quantitative estimate of drug-likeness (QED) is 0.810. The topological polar surface area (TPSA) is 46.2 Å². The first-order valence-corrected chi connectivity index (χ1v) is 6.33. The van der Waals surface area contributed by atoms with E-state index in [-0.39, 0.29) is 0 Å². The number of hydrogen-bond acceptors (Lipinski definition) is 3. The zero-order chi connectivity index (χ0) is 10.7. The zero-order valence-electron chi connectivity index (χ0n) is 8.73. The van der Waals surface area contributed by atoms with Gasteiger partial charge in [-0.05, 0) is 43.9 Å². The Morgan fingerprint density at radius 3 is 2.60 bits per heavy atom. The van der Waals surface area contributed by atoms with E-state index in [0.29, 0.717) is 17.0 Å². The molecule has 3 N–H and O–H groups in total. The normalized spacial score (nSPS) is 26.5. The summed E-state index contributed by atoms with van der Waals surface area (Å²) in [6.07, 6.45) is 4.66. The van der Waals surface area contributed by atoms with Crippen LogP contribution in [0.15, 0.2) is 29.2 Å². The summed E-state index contributed by atoms with van der Waals surface area (Å²) in [4.78, 5) is 1.16. The second-order valence-corrected chi connectivity index (χ2v) is 5.53. The molecule has 1 aliphatic rings. The Labute approximate surface area is 94.9 Å². The van der Waals surface area contributed by atoms with Gasteiger partial charge in [-0.1, -0.05) is 6.07 Å². The Kier molecular flexibility index (Phi) is 3.54. The summed E-state index contributed by atoms with van der Waals surface area (Å²) >= 11 is 1.87. The Hall–Kier alpha value is -0.670. The number of phenolic OH excluding ortho intramolecular Hbond substituents is 1. The van der Waals surface area contributed by atoms with Gasteiger partial charge in [-0.2, -0.15) is 0 Å². The van der Waals surface area contributed by atoms with Crippen molar-refractivity contribution in [3.63, 3.8) is 0 Å². The van der Waals surface area contributed by atoms with Crippen LogP contribution in [0.2, 0.25) is 0 Å². The molecule has 15 heavy (non-hydrogen) atoms. The van der Waals surface area contributed by atoms with Gasteiger partial charge in [0.15, 0.2) is 0 Å². The SMILES string of the molecule is NC1CCC(Sc2cccc(O)c2)CC1. The lowest BCUT2D eigenvalue weighted by Gasteiger charge is -2.25. The van der Waals surface area contributed by atoms with Crippen LogP contribution in [0.25, 0.3) is 0 Å². The second kappa shape index (κ2) is 4.90. The Balaban J connectivity index is 1.92. The molecule has 1 saturated carbocycles. The van der Waals surface area contributed by atoms with Crippen LogP contribution in [-0.2, 0) is 0 Å². The van der Waals surface area contributed by atoms with Crippen LogP contribution >= 0.6 is 11.8 Å². The minimum absolute atomic E-state index is 0.354. The van der Waals surface area contributed by atoms with Crippen LogP contribution in [0.1, 0.15) is 25.7 Å². The summed E-state index contributed by atoms with van der Waals surface area (Å²) in [5, 5.41) is 10.0. The molecule has 0 spiro atoms. The number of phenols is 1. The van der Waals surface area contributed by atoms with Crippen molar-refractivity contribution in [3.05, 3.63) is 24.3 Å². The monoisotopic (exact) mass is 223 g/mol. The summed E-state index contributed by atoms with van der Waals surface area (Å²) in [7, 11) is 0. The number of hydrogen-bond donors (Lipinski definition) is 2. The molecule has 0 heterocycles. The second-order valence-electron chi connectivity index (χ2n) is 4.15. The molecule has 1 aliphatic carbocycles. The summed E-state index contributed by atoms with van der Waals surface area (Å²) in [6, 6.07) is 7.90. The maximum absolute atomic E-state index is 9.35. The largest absolute Gasteiger partial charge is 0.508 e. The molecule has 0 aromatic heterocycles. The first kappa shape index (κ1) is 10.8. The number of benzene rings is 1. The van der Waals surface area contributed by atoms with Crippen LogP contribution in [-0.4, -0.2) is 16.4 Å². The van der Waals surface area contributed by atoms with Crippen LogP contribution in [0.4, 0.5) is 0 Å². The first-order chi connectivity index (χ1) is 7.24. The van der Waals surface area contributed by atoms with Gasteiger partial charge >= 0.3 is 0 Å². The average molecular weight is 223 g/mol. The van der Waals surface area contributed by atoms with Crippen LogP contribution < -0.4 is 5.73 Å². The molecule has 2 rings (SSSR count). The molecule has 0 radical (unpaired) electrons. The van der Waals surface area contributed by atoms with E-state index in [1.54, 1.807) is 6.07 Å². The summed E-state index contributed by atoms with van der Waals surface area (Å²) in [6.45, 7) is 0. The Morgan fingerprint density at radius 1 is 1.20 bits per heavy atom. The van der Waals surface area contributed by atoms with Gasteiger partial charge in [-0.15, -0.1) is 11.8 Å². The predicted molar refractivity (Wildman–Crippen MR) is 64.2 cm³/mol. The molecular weight excluding hydrogens is 206 g/mol. The lowest BCUT2D eigenvalue weighted by atomic mass is 9.96. The van der Waals surface area contributed by atoms with E-state index in [2.05, 4.69) is 6.07 Å². The standard InChI is InChI=1S/C12H17NOS/c13-9-4-6-11(7-5-9)15-12-3-1-2-10(14)8-12/h1-3,8-9,11,14H,4-7,13H2. The van der Waals surface area contributed by atoms with Gasteiger partial charge in [-0.25, -0.2) is 0 Å². The van der Waals surface area contributed by atoms with E-state index in [9.17, 15) is 5.11 Å². The highest BCUT2D eigenvalue weighted by Gasteiger charge is 2.19. The number of nitrogens with two attached hydrogens (primary N) is 1. The minimum atomic E-state index is 0.354. The van der Waals surface area contributed by atoms with Crippen molar-refractivity contribution < 1.29 is 5.11 Å². The third-order valence-electron chi connectivity index (χ3n) is 2.84. The fourth-order valence-electron chi connectivity index (χ4n) is 1.96. The Bertz CT molecular complexity index is 321. The van der Waals surface area contributed by atoms with E-state index < -0.39 is 0 Å². The van der Waals surface area contributed by atoms with Crippen molar-refractivity contribution in [2.75, 3.05) is 0 Å². The molecule has 0 aliphatic heterocycles. The number of thioether (sulfide) groups is 1. The smallest absolute Gasteiger partial charge is 0.116 e. The lowest BCUT2D eigenvalue weighted by molar-refractivity contribution is 0.450. The minimum Gasteiger partial charge on any atom is -0.508 e. The van der Waals surface area contributed by atoms with Gasteiger partial charge in [0.2, 0.25) is 0 Å². The molecule has 1 fully saturated rings. The van der Waals surface area contributed by atoms with Crippen molar-refractivity contribution in [1.82, 2.24) is 0 Å². The molecule has 0 bridgehead atoms. The van der Waals surface area contributed by atoms with E-state index in [4.69, 9.17) is 5.73 Å². The van der Waals surface area contributed by atoms with Crippen molar-refractivity contribution >= 4 is 11.8 Å². The van der Waals surface area contributed by atoms with Gasteiger partial charge in [0.25, 0.3) is 0 Å².